The highest BCUT2D eigenvalue weighted by atomic mass is 16.5. The van der Waals surface area contributed by atoms with Gasteiger partial charge in [-0.25, -0.2) is 0 Å². The normalized spacial score (nSPS) is 19.4. The molecule has 144 valence electrons. The molecular formula is C21H26N2O4. The standard InChI is InChI=1S/C21H26N2O4/c1-14(2)22(3)20(24)18-13-23(21(25)19-9-6-10-27-19)12-17(18)15-7-5-8-16(11-15)26-4/h5-11,14,17-18H,12-13H2,1-4H3/t17-,18+/m1/s1. The van der Waals surface area contributed by atoms with Gasteiger partial charge in [0, 0.05) is 32.1 Å². The van der Waals surface area contributed by atoms with E-state index < -0.39 is 0 Å². The molecule has 0 aliphatic carbocycles. The predicted molar refractivity (Wildman–Crippen MR) is 102 cm³/mol. The third-order valence-corrected chi connectivity index (χ3v) is 5.30. The lowest BCUT2D eigenvalue weighted by Gasteiger charge is -2.27. The van der Waals surface area contributed by atoms with E-state index in [1.54, 1.807) is 29.0 Å². The van der Waals surface area contributed by atoms with Gasteiger partial charge in [-0.15, -0.1) is 0 Å². The summed E-state index contributed by atoms with van der Waals surface area (Å²) >= 11 is 0. The molecule has 1 aliphatic heterocycles. The summed E-state index contributed by atoms with van der Waals surface area (Å²) in [6.45, 7) is 4.81. The molecule has 2 atom stereocenters. The summed E-state index contributed by atoms with van der Waals surface area (Å²) in [4.78, 5) is 29.3. The zero-order chi connectivity index (χ0) is 19.6. The van der Waals surface area contributed by atoms with Crippen LogP contribution in [0.2, 0.25) is 0 Å². The van der Waals surface area contributed by atoms with Gasteiger partial charge in [-0.3, -0.25) is 9.59 Å². The molecule has 2 aromatic rings. The number of carbonyl (C=O) groups is 2. The van der Waals surface area contributed by atoms with Gasteiger partial charge in [-0.2, -0.15) is 0 Å². The lowest BCUT2D eigenvalue weighted by Crippen LogP contribution is -2.40. The number of nitrogens with zero attached hydrogens (tertiary/aromatic N) is 2. The van der Waals surface area contributed by atoms with E-state index in [1.165, 1.54) is 6.26 Å². The zero-order valence-corrected chi connectivity index (χ0v) is 16.2. The molecule has 6 nitrogen and oxygen atoms in total. The van der Waals surface area contributed by atoms with Gasteiger partial charge in [0.15, 0.2) is 5.76 Å². The van der Waals surface area contributed by atoms with Crippen molar-refractivity contribution in [1.82, 2.24) is 9.80 Å². The summed E-state index contributed by atoms with van der Waals surface area (Å²) in [5.74, 6) is 0.510. The minimum atomic E-state index is -0.302. The first-order valence-electron chi connectivity index (χ1n) is 9.15. The molecule has 1 fully saturated rings. The second-order valence-electron chi connectivity index (χ2n) is 7.22. The van der Waals surface area contributed by atoms with Crippen LogP contribution in [0.3, 0.4) is 0 Å². The Labute approximate surface area is 159 Å². The van der Waals surface area contributed by atoms with Crippen LogP contribution in [0.5, 0.6) is 5.75 Å². The minimum absolute atomic E-state index is 0.0487. The number of amides is 2. The summed E-state index contributed by atoms with van der Waals surface area (Å²) in [6, 6.07) is 11.2. The van der Waals surface area contributed by atoms with Gasteiger partial charge in [-0.05, 0) is 43.7 Å². The van der Waals surface area contributed by atoms with Crippen LogP contribution in [-0.4, -0.2) is 54.9 Å². The number of benzene rings is 1. The molecular weight excluding hydrogens is 344 g/mol. The van der Waals surface area contributed by atoms with Crippen LogP contribution >= 0.6 is 0 Å². The highest BCUT2D eigenvalue weighted by molar-refractivity contribution is 5.92. The lowest BCUT2D eigenvalue weighted by molar-refractivity contribution is -0.135. The van der Waals surface area contributed by atoms with Crippen molar-refractivity contribution in [2.45, 2.75) is 25.8 Å². The number of furan rings is 1. The quantitative estimate of drug-likeness (QED) is 0.812. The van der Waals surface area contributed by atoms with Crippen LogP contribution < -0.4 is 4.74 Å². The average molecular weight is 370 g/mol. The average Bonchev–Trinajstić information content (AvgIpc) is 3.36. The van der Waals surface area contributed by atoms with Crippen molar-refractivity contribution < 1.29 is 18.7 Å². The molecule has 0 spiro atoms. The first-order chi connectivity index (χ1) is 12.9. The van der Waals surface area contributed by atoms with E-state index in [1.807, 2.05) is 45.2 Å². The van der Waals surface area contributed by atoms with Gasteiger partial charge in [0.05, 0.1) is 19.3 Å². The van der Waals surface area contributed by atoms with E-state index in [9.17, 15) is 9.59 Å². The number of ether oxygens (including phenoxy) is 1. The maximum Gasteiger partial charge on any atom is 0.289 e. The third kappa shape index (κ3) is 3.84. The molecule has 0 bridgehead atoms. The second-order valence-corrected chi connectivity index (χ2v) is 7.22. The monoisotopic (exact) mass is 370 g/mol. The van der Waals surface area contributed by atoms with Gasteiger partial charge in [0.1, 0.15) is 5.75 Å². The van der Waals surface area contributed by atoms with E-state index in [4.69, 9.17) is 9.15 Å². The van der Waals surface area contributed by atoms with E-state index in [0.29, 0.717) is 18.8 Å². The van der Waals surface area contributed by atoms with Crippen molar-refractivity contribution >= 4 is 11.8 Å². The van der Waals surface area contributed by atoms with E-state index in [-0.39, 0.29) is 29.7 Å². The van der Waals surface area contributed by atoms with Gasteiger partial charge >= 0.3 is 0 Å². The lowest BCUT2D eigenvalue weighted by atomic mass is 9.87. The molecule has 1 aromatic heterocycles. The molecule has 2 amide bonds. The number of carbonyl (C=O) groups excluding carboxylic acids is 2. The highest BCUT2D eigenvalue weighted by Gasteiger charge is 2.42. The smallest absolute Gasteiger partial charge is 0.289 e. The largest absolute Gasteiger partial charge is 0.497 e. The molecule has 0 N–H and O–H groups in total. The van der Waals surface area contributed by atoms with Crippen LogP contribution in [0.1, 0.15) is 35.9 Å². The summed E-state index contributed by atoms with van der Waals surface area (Å²) < 4.78 is 10.6. The Balaban J connectivity index is 1.91. The zero-order valence-electron chi connectivity index (χ0n) is 16.2. The van der Waals surface area contributed by atoms with Gasteiger partial charge < -0.3 is 19.0 Å². The number of likely N-dealkylation sites (tertiary alicyclic amines) is 1. The third-order valence-electron chi connectivity index (χ3n) is 5.30. The summed E-state index contributed by atoms with van der Waals surface area (Å²) in [5.41, 5.74) is 1.000. The summed E-state index contributed by atoms with van der Waals surface area (Å²) in [6.07, 6.45) is 1.48. The van der Waals surface area contributed by atoms with E-state index in [2.05, 4.69) is 0 Å². The van der Waals surface area contributed by atoms with Crippen LogP contribution in [-0.2, 0) is 4.79 Å². The fraction of sp³-hybridized carbons (Fsp3) is 0.429. The first-order valence-corrected chi connectivity index (χ1v) is 9.15. The number of rotatable bonds is 5. The Hall–Kier alpha value is -2.76. The molecule has 3 rings (SSSR count). The van der Waals surface area contributed by atoms with Crippen molar-refractivity contribution in [1.29, 1.82) is 0 Å². The summed E-state index contributed by atoms with van der Waals surface area (Å²) in [7, 11) is 3.43. The number of hydrogen-bond donors (Lipinski definition) is 0. The van der Waals surface area contributed by atoms with Gasteiger partial charge in [-0.1, -0.05) is 12.1 Å². The fourth-order valence-corrected chi connectivity index (χ4v) is 3.50. The van der Waals surface area contributed by atoms with E-state index in [0.717, 1.165) is 11.3 Å². The van der Waals surface area contributed by atoms with Crippen molar-refractivity contribution in [3.8, 4) is 5.75 Å². The predicted octanol–water partition coefficient (Wildman–Crippen LogP) is 3.01. The Kier molecular flexibility index (Phi) is 5.54. The van der Waals surface area contributed by atoms with Gasteiger partial charge in [0.25, 0.3) is 5.91 Å². The minimum Gasteiger partial charge on any atom is -0.497 e. The number of methoxy groups -OCH3 is 1. The molecule has 2 heterocycles. The van der Waals surface area contributed by atoms with Crippen LogP contribution in [0.25, 0.3) is 0 Å². The van der Waals surface area contributed by atoms with Crippen LogP contribution in [0, 0.1) is 5.92 Å². The van der Waals surface area contributed by atoms with Crippen molar-refractivity contribution in [3.63, 3.8) is 0 Å². The maximum absolute atomic E-state index is 13.1. The van der Waals surface area contributed by atoms with Crippen LogP contribution in [0.15, 0.2) is 47.1 Å². The highest BCUT2D eigenvalue weighted by Crippen LogP contribution is 2.36. The molecule has 6 heteroatoms. The summed E-state index contributed by atoms with van der Waals surface area (Å²) in [5, 5.41) is 0. The molecule has 1 saturated heterocycles. The SMILES string of the molecule is COc1cccc([C@H]2CN(C(=O)c3ccco3)C[C@@H]2C(=O)N(C)C(C)C)c1. The molecule has 0 unspecified atom stereocenters. The second kappa shape index (κ2) is 7.86. The Bertz CT molecular complexity index is 800. The molecule has 0 saturated carbocycles. The van der Waals surface area contributed by atoms with Crippen molar-refractivity contribution in [3.05, 3.63) is 54.0 Å². The Morgan fingerprint density at radius 3 is 2.63 bits per heavy atom. The van der Waals surface area contributed by atoms with Crippen molar-refractivity contribution in [2.24, 2.45) is 5.92 Å². The molecule has 0 radical (unpaired) electrons. The Morgan fingerprint density at radius 2 is 2.00 bits per heavy atom. The van der Waals surface area contributed by atoms with Gasteiger partial charge in [0.2, 0.25) is 5.91 Å². The number of hydrogen-bond acceptors (Lipinski definition) is 4. The topological polar surface area (TPSA) is 63.0 Å². The molecule has 1 aromatic carbocycles. The molecule has 27 heavy (non-hydrogen) atoms. The van der Waals surface area contributed by atoms with Crippen molar-refractivity contribution in [2.75, 3.05) is 27.2 Å². The van der Waals surface area contributed by atoms with Crippen LogP contribution in [0.4, 0.5) is 0 Å². The fourth-order valence-electron chi connectivity index (χ4n) is 3.50. The van der Waals surface area contributed by atoms with E-state index >= 15 is 0 Å². The molecule has 1 aliphatic rings. The Morgan fingerprint density at radius 1 is 1.22 bits per heavy atom. The maximum atomic E-state index is 13.1. The first kappa shape index (κ1) is 19.0.